The van der Waals surface area contributed by atoms with E-state index in [1.54, 1.807) is 0 Å². The van der Waals surface area contributed by atoms with E-state index < -0.39 is 5.97 Å². The molecule has 0 heterocycles. The molecule has 2 heteroatoms. The number of carbonyl (C=O) groups is 1. The monoisotopic (exact) mass is 298 g/mol. The van der Waals surface area contributed by atoms with E-state index in [4.69, 9.17) is 5.11 Å². The number of carboxylic acids is 1. The van der Waals surface area contributed by atoms with Gasteiger partial charge in [0, 0.05) is 6.42 Å². The van der Waals surface area contributed by atoms with Gasteiger partial charge in [0.25, 0.3) is 0 Å². The average Bonchev–Trinajstić information content (AvgIpc) is 2.45. The van der Waals surface area contributed by atoms with Crippen molar-refractivity contribution in [1.82, 2.24) is 0 Å². The zero-order valence-corrected chi connectivity index (χ0v) is 14.7. The maximum Gasteiger partial charge on any atom is 0.303 e. The molecule has 0 saturated heterocycles. The number of aliphatic carboxylic acids is 1. The highest BCUT2D eigenvalue weighted by molar-refractivity contribution is 5.66. The van der Waals surface area contributed by atoms with E-state index in [1.807, 2.05) is 0 Å². The van der Waals surface area contributed by atoms with Crippen molar-refractivity contribution in [1.29, 1.82) is 0 Å². The summed E-state index contributed by atoms with van der Waals surface area (Å²) < 4.78 is 0. The third-order valence-electron chi connectivity index (χ3n) is 4.81. The molecule has 2 nitrogen and oxygen atoms in total. The fraction of sp³-hybridized carbons (Fsp3) is 0.947. The highest BCUT2D eigenvalue weighted by atomic mass is 16.4. The van der Waals surface area contributed by atoms with Crippen LogP contribution in [0, 0.1) is 11.8 Å². The molecule has 0 amide bonds. The Hall–Kier alpha value is -0.530. The third kappa shape index (κ3) is 12.9. The first kappa shape index (κ1) is 20.5. The smallest absolute Gasteiger partial charge is 0.303 e. The van der Waals surface area contributed by atoms with Gasteiger partial charge in [0.05, 0.1) is 0 Å². The summed E-state index contributed by atoms with van der Waals surface area (Å²) in [5, 5.41) is 8.61. The molecule has 0 saturated carbocycles. The molecule has 0 aromatic carbocycles. The Morgan fingerprint density at radius 1 is 0.857 bits per heavy atom. The van der Waals surface area contributed by atoms with Crippen molar-refractivity contribution in [2.24, 2.45) is 11.8 Å². The second kappa shape index (κ2) is 14.4. The summed E-state index contributed by atoms with van der Waals surface area (Å²) in [6.07, 6.45) is 15.7. The van der Waals surface area contributed by atoms with E-state index >= 15 is 0 Å². The fourth-order valence-electron chi connectivity index (χ4n) is 3.23. The lowest BCUT2D eigenvalue weighted by atomic mass is 9.83. The third-order valence-corrected chi connectivity index (χ3v) is 4.81. The van der Waals surface area contributed by atoms with Gasteiger partial charge < -0.3 is 5.11 Å². The quantitative estimate of drug-likeness (QED) is 0.353. The average molecular weight is 299 g/mol. The second-order valence-electron chi connectivity index (χ2n) is 6.70. The Bertz CT molecular complexity index is 238. The molecule has 0 radical (unpaired) electrons. The zero-order valence-electron chi connectivity index (χ0n) is 14.7. The minimum Gasteiger partial charge on any atom is -0.481 e. The van der Waals surface area contributed by atoms with Gasteiger partial charge in [-0.25, -0.2) is 0 Å². The summed E-state index contributed by atoms with van der Waals surface area (Å²) in [6.45, 7) is 7.02. The minimum atomic E-state index is -0.655. The van der Waals surface area contributed by atoms with Gasteiger partial charge in [-0.1, -0.05) is 91.4 Å². The minimum absolute atomic E-state index is 0.339. The molecule has 0 aromatic rings. The van der Waals surface area contributed by atoms with Gasteiger partial charge in [-0.2, -0.15) is 0 Å². The maximum absolute atomic E-state index is 10.4. The molecule has 0 aliphatic heterocycles. The number of hydrogen-bond acceptors (Lipinski definition) is 1. The van der Waals surface area contributed by atoms with E-state index in [0.29, 0.717) is 6.42 Å². The van der Waals surface area contributed by atoms with Crippen LogP contribution < -0.4 is 0 Å². The summed E-state index contributed by atoms with van der Waals surface area (Å²) in [7, 11) is 0. The van der Waals surface area contributed by atoms with Crippen LogP contribution >= 0.6 is 0 Å². The Labute approximate surface area is 132 Å². The molecule has 21 heavy (non-hydrogen) atoms. The molecule has 0 spiro atoms. The van der Waals surface area contributed by atoms with Gasteiger partial charge >= 0.3 is 5.97 Å². The van der Waals surface area contributed by atoms with Gasteiger partial charge in [-0.15, -0.1) is 0 Å². The molecule has 126 valence electrons. The Balaban J connectivity index is 3.60. The molecule has 0 aromatic heterocycles. The van der Waals surface area contributed by atoms with Crippen LogP contribution in [0.3, 0.4) is 0 Å². The molecule has 2 atom stereocenters. The summed E-state index contributed by atoms with van der Waals surface area (Å²) in [6, 6.07) is 0. The molecule has 0 aliphatic rings. The number of rotatable bonds is 15. The normalized spacial score (nSPS) is 14.0. The molecule has 0 rings (SSSR count). The van der Waals surface area contributed by atoms with Crippen LogP contribution in [0.4, 0.5) is 0 Å². The van der Waals surface area contributed by atoms with Gasteiger partial charge in [0.15, 0.2) is 0 Å². The van der Waals surface area contributed by atoms with Gasteiger partial charge in [-0.3, -0.25) is 4.79 Å². The second-order valence-corrected chi connectivity index (χ2v) is 6.70. The lowest BCUT2D eigenvalue weighted by molar-refractivity contribution is -0.137. The predicted molar refractivity (Wildman–Crippen MR) is 91.7 cm³/mol. The summed E-state index contributed by atoms with van der Waals surface area (Å²) >= 11 is 0. The summed E-state index contributed by atoms with van der Waals surface area (Å²) in [5.74, 6) is 1.07. The zero-order chi connectivity index (χ0) is 15.9. The van der Waals surface area contributed by atoms with E-state index in [2.05, 4.69) is 20.8 Å². The van der Waals surface area contributed by atoms with Crippen molar-refractivity contribution < 1.29 is 9.90 Å². The molecule has 0 fully saturated rings. The number of hydrogen-bond donors (Lipinski definition) is 1. The van der Waals surface area contributed by atoms with Crippen molar-refractivity contribution >= 4 is 5.97 Å². The van der Waals surface area contributed by atoms with Crippen molar-refractivity contribution in [3.8, 4) is 0 Å². The molecule has 0 bridgehead atoms. The first-order valence-corrected chi connectivity index (χ1v) is 9.33. The number of carboxylic acid groups (broad SMARTS) is 1. The van der Waals surface area contributed by atoms with Gasteiger partial charge in [-0.05, 0) is 18.3 Å². The summed E-state index contributed by atoms with van der Waals surface area (Å²) in [5.41, 5.74) is 0. The Morgan fingerprint density at radius 2 is 1.43 bits per heavy atom. The first-order chi connectivity index (χ1) is 10.1. The Kier molecular flexibility index (Phi) is 14.0. The van der Waals surface area contributed by atoms with Gasteiger partial charge in [0.1, 0.15) is 0 Å². The standard InChI is InChI=1S/C19H38O2/c1-4-6-7-8-11-14-17(3)18(5-2)15-12-9-10-13-16-19(20)21/h17-18H,4-16H2,1-3H3,(H,20,21). The molecular weight excluding hydrogens is 260 g/mol. The highest BCUT2D eigenvalue weighted by Crippen LogP contribution is 2.27. The van der Waals surface area contributed by atoms with Crippen molar-refractivity contribution in [3.05, 3.63) is 0 Å². The first-order valence-electron chi connectivity index (χ1n) is 9.33. The fourth-order valence-corrected chi connectivity index (χ4v) is 3.23. The molecule has 1 N–H and O–H groups in total. The van der Waals surface area contributed by atoms with Crippen LogP contribution in [0.25, 0.3) is 0 Å². The van der Waals surface area contributed by atoms with Crippen molar-refractivity contribution in [3.63, 3.8) is 0 Å². The van der Waals surface area contributed by atoms with Crippen LogP contribution in [0.15, 0.2) is 0 Å². The topological polar surface area (TPSA) is 37.3 Å². The molecule has 2 unspecified atom stereocenters. The van der Waals surface area contributed by atoms with Crippen LogP contribution in [-0.2, 0) is 4.79 Å². The largest absolute Gasteiger partial charge is 0.481 e. The predicted octanol–water partition coefficient (Wildman–Crippen LogP) is 6.43. The van der Waals surface area contributed by atoms with E-state index in [1.165, 1.54) is 64.2 Å². The van der Waals surface area contributed by atoms with E-state index in [0.717, 1.165) is 24.7 Å². The molecular formula is C19H38O2. The molecule has 0 aliphatic carbocycles. The summed E-state index contributed by atoms with van der Waals surface area (Å²) in [4.78, 5) is 10.4. The highest BCUT2D eigenvalue weighted by Gasteiger charge is 2.14. The van der Waals surface area contributed by atoms with Gasteiger partial charge in [0.2, 0.25) is 0 Å². The van der Waals surface area contributed by atoms with Crippen molar-refractivity contribution in [2.75, 3.05) is 0 Å². The van der Waals surface area contributed by atoms with Crippen molar-refractivity contribution in [2.45, 2.75) is 104 Å². The van der Waals surface area contributed by atoms with E-state index in [9.17, 15) is 4.79 Å². The van der Waals surface area contributed by atoms with Crippen LogP contribution in [0.5, 0.6) is 0 Å². The van der Waals surface area contributed by atoms with Crippen LogP contribution in [0.1, 0.15) is 104 Å². The Morgan fingerprint density at radius 3 is 2.00 bits per heavy atom. The SMILES string of the molecule is CCCCCCCC(C)C(CC)CCCCCCC(=O)O. The van der Waals surface area contributed by atoms with Crippen LogP contribution in [-0.4, -0.2) is 11.1 Å². The van der Waals surface area contributed by atoms with Crippen LogP contribution in [0.2, 0.25) is 0 Å². The van der Waals surface area contributed by atoms with E-state index in [-0.39, 0.29) is 0 Å². The number of unbranched alkanes of at least 4 members (excludes halogenated alkanes) is 7. The lowest BCUT2D eigenvalue weighted by Gasteiger charge is -2.22. The lowest BCUT2D eigenvalue weighted by Crippen LogP contribution is -2.11. The maximum atomic E-state index is 10.4.